The summed E-state index contributed by atoms with van der Waals surface area (Å²) in [5.74, 6) is -0.200. The van der Waals surface area contributed by atoms with Crippen LogP contribution in [0.4, 0.5) is 17.1 Å². The van der Waals surface area contributed by atoms with Crippen LogP contribution in [0, 0.1) is 15.5 Å². The second kappa shape index (κ2) is 7.65. The van der Waals surface area contributed by atoms with E-state index in [1.54, 1.807) is 24.0 Å². The van der Waals surface area contributed by atoms with Gasteiger partial charge in [-0.15, -0.1) is 0 Å². The zero-order chi connectivity index (χ0) is 22.3. The molecule has 2 aromatic rings. The predicted molar refractivity (Wildman–Crippen MR) is 119 cm³/mol. The minimum atomic E-state index is -0.734. The average molecular weight is 419 g/mol. The zero-order valence-electron chi connectivity index (χ0n) is 17.8. The van der Waals surface area contributed by atoms with Crippen molar-refractivity contribution >= 4 is 28.8 Å². The van der Waals surface area contributed by atoms with Crippen LogP contribution in [0.5, 0.6) is 0 Å². The molecule has 1 atom stereocenters. The van der Waals surface area contributed by atoms with E-state index in [0.717, 1.165) is 11.4 Å². The predicted octanol–water partition coefficient (Wildman–Crippen LogP) is 5.15. The molecule has 1 N–H and O–H groups in total. The number of para-hydroxylation sites is 2. The fourth-order valence-electron chi connectivity index (χ4n) is 4.56. The third kappa shape index (κ3) is 3.71. The van der Waals surface area contributed by atoms with E-state index in [1.165, 1.54) is 12.1 Å². The summed E-state index contributed by atoms with van der Waals surface area (Å²) in [5.41, 5.74) is 2.94. The summed E-state index contributed by atoms with van der Waals surface area (Å²) < 4.78 is 0. The molecule has 1 aliphatic heterocycles. The monoisotopic (exact) mass is 419 g/mol. The first-order chi connectivity index (χ1) is 14.7. The quantitative estimate of drug-likeness (QED) is 0.549. The molecule has 7 nitrogen and oxygen atoms in total. The van der Waals surface area contributed by atoms with E-state index in [-0.39, 0.29) is 29.2 Å². The maximum atomic E-state index is 13.4. The minimum absolute atomic E-state index is 0.0445. The molecule has 0 fully saturated rings. The van der Waals surface area contributed by atoms with E-state index in [9.17, 15) is 19.7 Å². The van der Waals surface area contributed by atoms with E-state index in [0.29, 0.717) is 29.7 Å². The number of rotatable bonds is 3. The van der Waals surface area contributed by atoms with Crippen molar-refractivity contribution in [1.29, 1.82) is 0 Å². The van der Waals surface area contributed by atoms with Crippen molar-refractivity contribution < 1.29 is 14.5 Å². The number of benzene rings is 2. The van der Waals surface area contributed by atoms with E-state index in [2.05, 4.69) is 5.32 Å². The first-order valence-corrected chi connectivity index (χ1v) is 10.4. The van der Waals surface area contributed by atoms with Crippen molar-refractivity contribution in [2.45, 2.75) is 46.1 Å². The summed E-state index contributed by atoms with van der Waals surface area (Å²) >= 11 is 0. The van der Waals surface area contributed by atoms with E-state index in [4.69, 9.17) is 0 Å². The number of carbonyl (C=O) groups is 2. The van der Waals surface area contributed by atoms with Crippen molar-refractivity contribution in [1.82, 2.24) is 0 Å². The number of fused-ring (bicyclic) bond motifs is 1. The third-order valence-electron chi connectivity index (χ3n) is 5.87. The van der Waals surface area contributed by atoms with Crippen molar-refractivity contribution in [2.24, 2.45) is 5.41 Å². The molecule has 1 amide bonds. The molecule has 31 heavy (non-hydrogen) atoms. The number of nitrogens with one attached hydrogen (secondary N) is 1. The molecule has 4 rings (SSSR count). The van der Waals surface area contributed by atoms with Gasteiger partial charge in [0.05, 0.1) is 22.3 Å². The number of nitro benzene ring substituents is 1. The molecule has 2 aromatic carbocycles. The highest BCUT2D eigenvalue weighted by Crippen LogP contribution is 2.48. The molecule has 7 heteroatoms. The maximum Gasteiger partial charge on any atom is 0.269 e. The van der Waals surface area contributed by atoms with Crippen LogP contribution in [0.1, 0.15) is 51.6 Å². The van der Waals surface area contributed by atoms with Gasteiger partial charge >= 0.3 is 0 Å². The number of Topliss-reactive ketones (excluding diaryl/α,β-unsaturated/α-hetero) is 1. The number of ketones is 1. The van der Waals surface area contributed by atoms with Gasteiger partial charge in [-0.25, -0.2) is 0 Å². The van der Waals surface area contributed by atoms with Crippen LogP contribution in [-0.4, -0.2) is 16.6 Å². The molecule has 0 aromatic heterocycles. The van der Waals surface area contributed by atoms with Crippen LogP contribution < -0.4 is 10.2 Å². The molecular formula is C24H25N3O4. The molecule has 2 aliphatic rings. The second-order valence-electron chi connectivity index (χ2n) is 8.85. The standard InChI is InChI=1S/C24H25N3O4/c1-4-21(29)26-19-11-6-5-10-17(19)25-18-13-24(2,3)14-20(28)22(18)23(26)15-8-7-9-16(12-15)27(30)31/h5-12,23,25H,4,13-14H2,1-3H3/t23-/m1/s1. The topological polar surface area (TPSA) is 92.6 Å². The Bertz CT molecular complexity index is 1120. The van der Waals surface area contributed by atoms with Crippen LogP contribution in [0.25, 0.3) is 0 Å². The van der Waals surface area contributed by atoms with Crippen molar-refractivity contribution in [3.63, 3.8) is 0 Å². The minimum Gasteiger partial charge on any atom is -0.357 e. The number of anilines is 2. The zero-order valence-corrected chi connectivity index (χ0v) is 17.8. The second-order valence-corrected chi connectivity index (χ2v) is 8.85. The highest BCUT2D eigenvalue weighted by molar-refractivity contribution is 6.06. The lowest BCUT2D eigenvalue weighted by molar-refractivity contribution is -0.384. The average Bonchev–Trinajstić information content (AvgIpc) is 2.86. The Kier molecular flexibility index (Phi) is 5.13. The Morgan fingerprint density at radius 2 is 1.94 bits per heavy atom. The number of nitrogens with zero attached hydrogens (tertiary/aromatic N) is 2. The van der Waals surface area contributed by atoms with Gasteiger partial charge < -0.3 is 5.32 Å². The van der Waals surface area contributed by atoms with Gasteiger partial charge in [0, 0.05) is 36.2 Å². The highest BCUT2D eigenvalue weighted by atomic mass is 16.6. The molecule has 0 saturated carbocycles. The van der Waals surface area contributed by atoms with Crippen LogP contribution in [0.15, 0.2) is 59.8 Å². The van der Waals surface area contributed by atoms with E-state index < -0.39 is 11.0 Å². The Morgan fingerprint density at radius 1 is 1.19 bits per heavy atom. The molecular weight excluding hydrogens is 394 g/mol. The number of non-ortho nitro benzene ring substituents is 1. The lowest BCUT2D eigenvalue weighted by Gasteiger charge is -2.37. The van der Waals surface area contributed by atoms with E-state index in [1.807, 2.05) is 38.1 Å². The number of hydrogen-bond donors (Lipinski definition) is 1. The van der Waals surface area contributed by atoms with Gasteiger partial charge in [-0.2, -0.15) is 0 Å². The molecule has 0 unspecified atom stereocenters. The molecule has 0 spiro atoms. The fraction of sp³-hybridized carbons (Fsp3) is 0.333. The number of hydrogen-bond acceptors (Lipinski definition) is 5. The Morgan fingerprint density at radius 3 is 2.65 bits per heavy atom. The van der Waals surface area contributed by atoms with Crippen molar-refractivity contribution in [3.05, 3.63) is 75.5 Å². The Hall–Kier alpha value is -3.48. The molecule has 0 bridgehead atoms. The number of nitro groups is 1. The number of carbonyl (C=O) groups excluding carboxylic acids is 2. The van der Waals surface area contributed by atoms with Gasteiger partial charge in [0.2, 0.25) is 5.91 Å². The summed E-state index contributed by atoms with van der Waals surface area (Å²) in [5, 5.41) is 14.9. The van der Waals surface area contributed by atoms with Gasteiger partial charge in [-0.3, -0.25) is 24.6 Å². The lowest BCUT2D eigenvalue weighted by atomic mass is 9.73. The Labute approximate surface area is 180 Å². The first-order valence-electron chi connectivity index (χ1n) is 10.4. The number of amides is 1. The highest BCUT2D eigenvalue weighted by Gasteiger charge is 2.43. The van der Waals surface area contributed by atoms with Gasteiger partial charge in [-0.1, -0.05) is 45.0 Å². The summed E-state index contributed by atoms with van der Waals surface area (Å²) in [7, 11) is 0. The first kappa shape index (κ1) is 20.8. The summed E-state index contributed by atoms with van der Waals surface area (Å²) in [6.45, 7) is 5.86. The maximum absolute atomic E-state index is 13.4. The lowest BCUT2D eigenvalue weighted by Crippen LogP contribution is -2.39. The summed E-state index contributed by atoms with van der Waals surface area (Å²) in [4.78, 5) is 39.3. The summed E-state index contributed by atoms with van der Waals surface area (Å²) in [6, 6.07) is 12.9. The van der Waals surface area contributed by atoms with Crippen LogP contribution >= 0.6 is 0 Å². The van der Waals surface area contributed by atoms with Crippen molar-refractivity contribution in [2.75, 3.05) is 10.2 Å². The fourth-order valence-corrected chi connectivity index (χ4v) is 4.56. The van der Waals surface area contributed by atoms with Gasteiger partial charge in [0.15, 0.2) is 5.78 Å². The smallest absolute Gasteiger partial charge is 0.269 e. The van der Waals surface area contributed by atoms with Crippen LogP contribution in [-0.2, 0) is 9.59 Å². The molecule has 0 saturated heterocycles. The van der Waals surface area contributed by atoms with E-state index >= 15 is 0 Å². The Balaban J connectivity index is 2.02. The number of allylic oxidation sites excluding steroid dienone is 1. The van der Waals surface area contributed by atoms with Crippen LogP contribution in [0.2, 0.25) is 0 Å². The molecule has 160 valence electrons. The summed E-state index contributed by atoms with van der Waals surface area (Å²) in [6.07, 6.45) is 1.23. The third-order valence-corrected chi connectivity index (χ3v) is 5.87. The van der Waals surface area contributed by atoms with Crippen LogP contribution in [0.3, 0.4) is 0 Å². The van der Waals surface area contributed by atoms with Gasteiger partial charge in [0.25, 0.3) is 5.69 Å². The SMILES string of the molecule is CCC(=O)N1c2ccccc2NC2=C(C(=O)CC(C)(C)C2)[C@H]1c1cccc([N+](=O)[O-])c1. The van der Waals surface area contributed by atoms with Gasteiger partial charge in [0.1, 0.15) is 0 Å². The molecule has 1 heterocycles. The normalized spacial score (nSPS) is 19.8. The molecule has 0 radical (unpaired) electrons. The van der Waals surface area contributed by atoms with Crippen molar-refractivity contribution in [3.8, 4) is 0 Å². The van der Waals surface area contributed by atoms with Gasteiger partial charge in [-0.05, 0) is 29.5 Å². The molecule has 1 aliphatic carbocycles. The largest absolute Gasteiger partial charge is 0.357 e.